The topological polar surface area (TPSA) is 84.6 Å². The van der Waals surface area contributed by atoms with Crippen LogP contribution in [0.3, 0.4) is 0 Å². The van der Waals surface area contributed by atoms with Gasteiger partial charge in [-0.3, -0.25) is 14.9 Å². The molecule has 1 aromatic carbocycles. The molecule has 1 N–H and O–H groups in total. The third-order valence-corrected chi connectivity index (χ3v) is 4.16. The average molecular weight is 273 g/mol. The summed E-state index contributed by atoms with van der Waals surface area (Å²) >= 11 is 0. The quantitative estimate of drug-likeness (QED) is 0.678. The van der Waals surface area contributed by atoms with E-state index in [2.05, 4.69) is 10.5 Å². The molecule has 6 heteroatoms. The molecule has 1 amide bonds. The number of hydrazone groups is 1. The number of nitrogens with one attached hydrogen (secondary N) is 1. The number of nitro benzene ring substituents is 1. The zero-order valence-electron chi connectivity index (χ0n) is 10.9. The number of amides is 1. The third-order valence-electron chi connectivity index (χ3n) is 4.16. The van der Waals surface area contributed by atoms with Crippen molar-refractivity contribution >= 4 is 17.3 Å². The van der Waals surface area contributed by atoms with E-state index in [1.165, 1.54) is 31.0 Å². The molecule has 0 spiro atoms. The number of hydrogen-bond acceptors (Lipinski definition) is 4. The standard InChI is InChI=1S/C14H15N3O3/c18-14(11-3-1-2-4-13(11)17(19)20)16-15-12-8-9-5-6-10(12)7-9/h1-4,9-10H,5-8H2,(H,16,18). The Labute approximate surface area is 116 Å². The number of fused-ring (bicyclic) bond motifs is 2. The van der Waals surface area contributed by atoms with E-state index in [1.54, 1.807) is 6.07 Å². The lowest BCUT2D eigenvalue weighted by atomic mass is 9.99. The van der Waals surface area contributed by atoms with Crippen LogP contribution in [0.1, 0.15) is 36.0 Å². The highest BCUT2D eigenvalue weighted by atomic mass is 16.6. The predicted octanol–water partition coefficient (Wildman–Crippen LogP) is 2.50. The molecule has 0 aliphatic heterocycles. The van der Waals surface area contributed by atoms with E-state index < -0.39 is 10.8 Å². The number of para-hydroxylation sites is 1. The minimum Gasteiger partial charge on any atom is -0.267 e. The van der Waals surface area contributed by atoms with E-state index in [4.69, 9.17) is 0 Å². The third kappa shape index (κ3) is 2.29. The molecule has 2 saturated carbocycles. The summed E-state index contributed by atoms with van der Waals surface area (Å²) in [5.41, 5.74) is 3.35. The number of rotatable bonds is 3. The van der Waals surface area contributed by atoms with Crippen LogP contribution in [0.4, 0.5) is 5.69 Å². The monoisotopic (exact) mass is 273 g/mol. The molecule has 2 aliphatic carbocycles. The van der Waals surface area contributed by atoms with Gasteiger partial charge in [0.15, 0.2) is 0 Å². The van der Waals surface area contributed by atoms with E-state index >= 15 is 0 Å². The highest BCUT2D eigenvalue weighted by Crippen LogP contribution is 2.42. The van der Waals surface area contributed by atoms with Crippen LogP contribution < -0.4 is 5.43 Å². The van der Waals surface area contributed by atoms with Crippen molar-refractivity contribution < 1.29 is 9.72 Å². The molecule has 0 saturated heterocycles. The molecule has 1 aromatic rings. The van der Waals surface area contributed by atoms with Crippen molar-refractivity contribution in [3.63, 3.8) is 0 Å². The van der Waals surface area contributed by atoms with E-state index in [-0.39, 0.29) is 11.3 Å². The van der Waals surface area contributed by atoms with Crippen molar-refractivity contribution in [2.45, 2.75) is 25.7 Å². The predicted molar refractivity (Wildman–Crippen MR) is 73.4 cm³/mol. The Balaban J connectivity index is 1.74. The summed E-state index contributed by atoms with van der Waals surface area (Å²) < 4.78 is 0. The summed E-state index contributed by atoms with van der Waals surface area (Å²) in [5, 5.41) is 15.1. The highest BCUT2D eigenvalue weighted by Gasteiger charge is 2.36. The summed E-state index contributed by atoms with van der Waals surface area (Å²) in [4.78, 5) is 22.3. The lowest BCUT2D eigenvalue weighted by Crippen LogP contribution is -2.22. The average Bonchev–Trinajstić information content (AvgIpc) is 3.07. The first kappa shape index (κ1) is 12.8. The Morgan fingerprint density at radius 2 is 2.15 bits per heavy atom. The number of carbonyl (C=O) groups is 1. The Morgan fingerprint density at radius 3 is 2.80 bits per heavy atom. The van der Waals surface area contributed by atoms with Crippen molar-refractivity contribution in [1.29, 1.82) is 0 Å². The zero-order chi connectivity index (χ0) is 14.1. The summed E-state index contributed by atoms with van der Waals surface area (Å²) in [6, 6.07) is 5.90. The molecule has 104 valence electrons. The van der Waals surface area contributed by atoms with Gasteiger partial charge in [-0.2, -0.15) is 5.10 Å². The van der Waals surface area contributed by atoms with Crippen molar-refractivity contribution in [2.24, 2.45) is 16.9 Å². The van der Waals surface area contributed by atoms with Crippen LogP contribution in [-0.4, -0.2) is 16.5 Å². The second kappa shape index (κ2) is 5.03. The lowest BCUT2D eigenvalue weighted by Gasteiger charge is -2.11. The van der Waals surface area contributed by atoms with Gasteiger partial charge in [-0.15, -0.1) is 0 Å². The van der Waals surface area contributed by atoms with Gasteiger partial charge in [-0.1, -0.05) is 12.1 Å². The molecule has 0 heterocycles. The smallest absolute Gasteiger partial charge is 0.267 e. The van der Waals surface area contributed by atoms with E-state index in [0.29, 0.717) is 11.8 Å². The minimum atomic E-state index is -0.556. The Hall–Kier alpha value is -2.24. The molecule has 3 rings (SSSR count). The van der Waals surface area contributed by atoms with Crippen molar-refractivity contribution in [3.8, 4) is 0 Å². The Bertz CT molecular complexity index is 597. The molecular weight excluding hydrogens is 258 g/mol. The van der Waals surface area contributed by atoms with Gasteiger partial charge >= 0.3 is 0 Å². The largest absolute Gasteiger partial charge is 0.282 e. The van der Waals surface area contributed by atoms with E-state index in [1.807, 2.05) is 0 Å². The fraction of sp³-hybridized carbons (Fsp3) is 0.429. The van der Waals surface area contributed by atoms with Crippen LogP contribution in [0.25, 0.3) is 0 Å². The molecule has 2 fully saturated rings. The number of hydrogen-bond donors (Lipinski definition) is 1. The van der Waals surface area contributed by atoms with Crippen LogP contribution in [0.5, 0.6) is 0 Å². The van der Waals surface area contributed by atoms with Crippen LogP contribution in [0, 0.1) is 22.0 Å². The van der Waals surface area contributed by atoms with Gasteiger partial charge < -0.3 is 0 Å². The minimum absolute atomic E-state index is 0.0463. The summed E-state index contributed by atoms with van der Waals surface area (Å²) in [5.74, 6) is 0.681. The van der Waals surface area contributed by atoms with Crippen molar-refractivity contribution in [1.82, 2.24) is 5.43 Å². The van der Waals surface area contributed by atoms with Crippen LogP contribution in [-0.2, 0) is 0 Å². The second-order valence-corrected chi connectivity index (χ2v) is 5.40. The van der Waals surface area contributed by atoms with Gasteiger partial charge in [0, 0.05) is 11.8 Å². The first-order valence-electron chi connectivity index (χ1n) is 6.75. The Kier molecular flexibility index (Phi) is 3.22. The molecule has 2 aliphatic rings. The maximum atomic E-state index is 12.0. The fourth-order valence-electron chi connectivity index (χ4n) is 3.17. The van der Waals surface area contributed by atoms with Crippen molar-refractivity contribution in [3.05, 3.63) is 39.9 Å². The van der Waals surface area contributed by atoms with Gasteiger partial charge in [-0.05, 0) is 43.6 Å². The molecule has 0 aromatic heterocycles. The van der Waals surface area contributed by atoms with Gasteiger partial charge in [-0.25, -0.2) is 5.43 Å². The second-order valence-electron chi connectivity index (χ2n) is 5.40. The van der Waals surface area contributed by atoms with Gasteiger partial charge in [0.1, 0.15) is 5.56 Å². The fourth-order valence-corrected chi connectivity index (χ4v) is 3.17. The first-order valence-corrected chi connectivity index (χ1v) is 6.75. The molecule has 0 radical (unpaired) electrons. The number of benzene rings is 1. The molecule has 2 bridgehead atoms. The maximum absolute atomic E-state index is 12.0. The van der Waals surface area contributed by atoms with Crippen LogP contribution in [0.2, 0.25) is 0 Å². The van der Waals surface area contributed by atoms with Crippen LogP contribution >= 0.6 is 0 Å². The summed E-state index contributed by atoms with van der Waals surface area (Å²) in [6.45, 7) is 0. The SMILES string of the molecule is O=C(NN=C1CC2CCC1C2)c1ccccc1[N+](=O)[O-]. The Morgan fingerprint density at radius 1 is 1.35 bits per heavy atom. The number of carbonyl (C=O) groups excluding carboxylic acids is 1. The van der Waals surface area contributed by atoms with Gasteiger partial charge in [0.05, 0.1) is 4.92 Å². The van der Waals surface area contributed by atoms with Gasteiger partial charge in [0.2, 0.25) is 0 Å². The van der Waals surface area contributed by atoms with E-state index in [9.17, 15) is 14.9 Å². The summed E-state index contributed by atoms with van der Waals surface area (Å²) in [6.07, 6.45) is 4.51. The molecule has 20 heavy (non-hydrogen) atoms. The maximum Gasteiger partial charge on any atom is 0.282 e. The highest BCUT2D eigenvalue weighted by molar-refractivity contribution is 5.99. The zero-order valence-corrected chi connectivity index (χ0v) is 10.9. The lowest BCUT2D eigenvalue weighted by molar-refractivity contribution is -0.385. The van der Waals surface area contributed by atoms with Crippen molar-refractivity contribution in [2.75, 3.05) is 0 Å². The molecule has 2 atom stereocenters. The van der Waals surface area contributed by atoms with Gasteiger partial charge in [0.25, 0.3) is 11.6 Å². The van der Waals surface area contributed by atoms with Crippen LogP contribution in [0.15, 0.2) is 29.4 Å². The normalized spacial score (nSPS) is 25.9. The molecular formula is C14H15N3O3. The molecule has 6 nitrogen and oxygen atoms in total. The number of nitrogens with zero attached hydrogens (tertiary/aromatic N) is 2. The molecule has 2 unspecified atom stereocenters. The number of nitro groups is 1. The van der Waals surface area contributed by atoms with E-state index in [0.717, 1.165) is 18.6 Å². The summed E-state index contributed by atoms with van der Waals surface area (Å²) in [7, 11) is 0. The first-order chi connectivity index (χ1) is 9.65.